The summed E-state index contributed by atoms with van der Waals surface area (Å²) in [6.07, 6.45) is 5.26. The van der Waals surface area contributed by atoms with E-state index in [4.69, 9.17) is 16.3 Å². The lowest BCUT2D eigenvalue weighted by Gasteiger charge is -2.33. The minimum absolute atomic E-state index is 0.0277. The molecule has 3 aromatic rings. The highest BCUT2D eigenvalue weighted by Gasteiger charge is 2.23. The van der Waals surface area contributed by atoms with Gasteiger partial charge in [0.1, 0.15) is 17.6 Å². The molecule has 0 radical (unpaired) electrons. The standard InChI is InChI=1S/C20H24ClN7O2/c1-30-16-3-2-13(21)10-15(16)22-7-4-17(29)27-14-5-8-28(9-6-14)20-18-19(24-11-23-18)25-12-26-20/h2-3,10-12,14,22H,4-9H2,1H3,(H,27,29)(H,23,24,25,26). The molecule has 9 nitrogen and oxygen atoms in total. The highest BCUT2D eigenvalue weighted by molar-refractivity contribution is 6.30. The number of nitrogens with one attached hydrogen (secondary N) is 3. The molecule has 0 unspecified atom stereocenters. The average Bonchev–Trinajstić information content (AvgIpc) is 3.23. The number of H-pyrrole nitrogens is 1. The summed E-state index contributed by atoms with van der Waals surface area (Å²) in [4.78, 5) is 30.4. The molecule has 1 aliphatic heterocycles. The van der Waals surface area contributed by atoms with E-state index in [0.717, 1.165) is 43.0 Å². The van der Waals surface area contributed by atoms with Crippen LogP contribution in [-0.4, -0.2) is 58.6 Å². The van der Waals surface area contributed by atoms with Gasteiger partial charge in [-0.15, -0.1) is 0 Å². The van der Waals surface area contributed by atoms with E-state index in [2.05, 4.69) is 35.5 Å². The second-order valence-electron chi connectivity index (χ2n) is 7.15. The Bertz CT molecular complexity index is 1020. The van der Waals surface area contributed by atoms with Crippen LogP contribution in [0.3, 0.4) is 0 Å². The van der Waals surface area contributed by atoms with Gasteiger partial charge in [0.25, 0.3) is 0 Å². The predicted molar refractivity (Wildman–Crippen MR) is 116 cm³/mol. The van der Waals surface area contributed by atoms with Gasteiger partial charge in [-0.3, -0.25) is 4.79 Å². The number of imidazole rings is 1. The van der Waals surface area contributed by atoms with Crippen molar-refractivity contribution in [3.05, 3.63) is 35.9 Å². The number of amides is 1. The number of carbonyl (C=O) groups is 1. The van der Waals surface area contributed by atoms with Crippen LogP contribution in [0.4, 0.5) is 11.5 Å². The van der Waals surface area contributed by atoms with Crippen LogP contribution >= 0.6 is 11.6 Å². The summed E-state index contributed by atoms with van der Waals surface area (Å²) in [7, 11) is 1.60. The molecule has 30 heavy (non-hydrogen) atoms. The van der Waals surface area contributed by atoms with Crippen LogP contribution < -0.4 is 20.3 Å². The number of ether oxygens (including phenoxy) is 1. The van der Waals surface area contributed by atoms with E-state index >= 15 is 0 Å². The van der Waals surface area contributed by atoms with E-state index in [0.29, 0.717) is 29.4 Å². The van der Waals surface area contributed by atoms with Crippen molar-refractivity contribution in [1.82, 2.24) is 25.3 Å². The van der Waals surface area contributed by atoms with Crippen molar-refractivity contribution in [2.75, 3.05) is 37.0 Å². The van der Waals surface area contributed by atoms with Gasteiger partial charge in [-0.2, -0.15) is 0 Å². The second-order valence-corrected chi connectivity index (χ2v) is 7.59. The monoisotopic (exact) mass is 429 g/mol. The fraction of sp³-hybridized carbons (Fsp3) is 0.400. The van der Waals surface area contributed by atoms with Crippen molar-refractivity contribution < 1.29 is 9.53 Å². The number of hydrogen-bond donors (Lipinski definition) is 3. The lowest BCUT2D eigenvalue weighted by molar-refractivity contribution is -0.121. The minimum atomic E-state index is 0.0277. The van der Waals surface area contributed by atoms with Gasteiger partial charge >= 0.3 is 0 Å². The molecular weight excluding hydrogens is 406 g/mol. The molecule has 0 bridgehead atoms. The van der Waals surface area contributed by atoms with Gasteiger partial charge in [-0.1, -0.05) is 11.6 Å². The normalized spacial score (nSPS) is 14.7. The lowest BCUT2D eigenvalue weighted by Crippen LogP contribution is -2.45. The lowest BCUT2D eigenvalue weighted by atomic mass is 10.0. The Balaban J connectivity index is 1.24. The zero-order chi connectivity index (χ0) is 20.9. The van der Waals surface area contributed by atoms with Crippen LogP contribution in [0.15, 0.2) is 30.9 Å². The molecule has 0 spiro atoms. The summed E-state index contributed by atoms with van der Waals surface area (Å²) < 4.78 is 5.31. The van der Waals surface area contributed by atoms with Crippen molar-refractivity contribution in [1.29, 1.82) is 0 Å². The SMILES string of the molecule is COc1ccc(Cl)cc1NCCC(=O)NC1CCN(c2ncnc3nc[nH]c23)CC1. The number of rotatable bonds is 7. The molecule has 3 heterocycles. The molecule has 4 rings (SSSR count). The summed E-state index contributed by atoms with van der Waals surface area (Å²) >= 11 is 6.03. The van der Waals surface area contributed by atoms with Crippen molar-refractivity contribution in [2.45, 2.75) is 25.3 Å². The van der Waals surface area contributed by atoms with Crippen LogP contribution in [0.1, 0.15) is 19.3 Å². The number of nitrogens with zero attached hydrogens (tertiary/aromatic N) is 4. The maximum Gasteiger partial charge on any atom is 0.221 e. The van der Waals surface area contributed by atoms with Gasteiger partial charge in [-0.05, 0) is 31.0 Å². The smallest absolute Gasteiger partial charge is 0.221 e. The van der Waals surface area contributed by atoms with E-state index in [1.165, 1.54) is 6.33 Å². The molecule has 1 amide bonds. The molecule has 1 aromatic carbocycles. The van der Waals surface area contributed by atoms with Gasteiger partial charge in [0.2, 0.25) is 5.91 Å². The Hall–Kier alpha value is -3.07. The number of benzene rings is 1. The number of piperidine rings is 1. The molecule has 0 saturated carbocycles. The largest absolute Gasteiger partial charge is 0.495 e. The van der Waals surface area contributed by atoms with Crippen molar-refractivity contribution in [3.8, 4) is 5.75 Å². The fourth-order valence-corrected chi connectivity index (χ4v) is 3.83. The number of anilines is 2. The molecule has 0 atom stereocenters. The van der Waals surface area contributed by atoms with Gasteiger partial charge in [0.05, 0.1) is 19.1 Å². The molecule has 158 valence electrons. The van der Waals surface area contributed by atoms with E-state index in [-0.39, 0.29) is 11.9 Å². The van der Waals surface area contributed by atoms with Crippen LogP contribution in [0.25, 0.3) is 11.2 Å². The van der Waals surface area contributed by atoms with Crippen LogP contribution in [-0.2, 0) is 4.79 Å². The maximum absolute atomic E-state index is 12.4. The first-order chi connectivity index (χ1) is 14.6. The van der Waals surface area contributed by atoms with Crippen molar-refractivity contribution in [2.24, 2.45) is 0 Å². The molecule has 1 aliphatic rings. The zero-order valence-electron chi connectivity index (χ0n) is 16.7. The number of aromatic amines is 1. The Morgan fingerprint density at radius 3 is 2.93 bits per heavy atom. The summed E-state index contributed by atoms with van der Waals surface area (Å²) in [5.74, 6) is 1.59. The van der Waals surface area contributed by atoms with Gasteiger partial charge in [0, 0.05) is 37.1 Å². The summed E-state index contributed by atoms with van der Waals surface area (Å²) in [6.45, 7) is 2.13. The first kappa shape index (κ1) is 20.2. The maximum atomic E-state index is 12.4. The Morgan fingerprint density at radius 1 is 1.30 bits per heavy atom. The van der Waals surface area contributed by atoms with Crippen LogP contribution in [0.5, 0.6) is 5.75 Å². The first-order valence-corrected chi connectivity index (χ1v) is 10.3. The minimum Gasteiger partial charge on any atom is -0.495 e. The number of halogens is 1. The van der Waals surface area contributed by atoms with Gasteiger partial charge in [-0.25, -0.2) is 15.0 Å². The highest BCUT2D eigenvalue weighted by atomic mass is 35.5. The molecule has 3 N–H and O–H groups in total. The quantitative estimate of drug-likeness (QED) is 0.529. The van der Waals surface area contributed by atoms with E-state index in [1.54, 1.807) is 31.6 Å². The summed E-state index contributed by atoms with van der Waals surface area (Å²) in [5.41, 5.74) is 2.29. The Morgan fingerprint density at radius 2 is 2.13 bits per heavy atom. The second kappa shape index (κ2) is 9.17. The molecule has 0 aliphatic carbocycles. The first-order valence-electron chi connectivity index (χ1n) is 9.90. The molecule has 1 saturated heterocycles. The summed E-state index contributed by atoms with van der Waals surface area (Å²) in [6, 6.07) is 5.52. The molecule has 2 aromatic heterocycles. The van der Waals surface area contributed by atoms with E-state index < -0.39 is 0 Å². The van der Waals surface area contributed by atoms with Crippen LogP contribution in [0, 0.1) is 0 Å². The van der Waals surface area contributed by atoms with Crippen molar-refractivity contribution in [3.63, 3.8) is 0 Å². The van der Waals surface area contributed by atoms with E-state index in [9.17, 15) is 4.79 Å². The average molecular weight is 430 g/mol. The highest BCUT2D eigenvalue weighted by Crippen LogP contribution is 2.27. The molecular formula is C20H24ClN7O2. The third-order valence-electron chi connectivity index (χ3n) is 5.19. The van der Waals surface area contributed by atoms with Gasteiger partial charge in [0.15, 0.2) is 11.5 Å². The number of fused-ring (bicyclic) bond motifs is 1. The molecule has 10 heteroatoms. The molecule has 1 fully saturated rings. The third kappa shape index (κ3) is 4.56. The van der Waals surface area contributed by atoms with E-state index in [1.807, 2.05) is 0 Å². The Labute approximate surface area is 179 Å². The number of hydrogen-bond acceptors (Lipinski definition) is 7. The number of carbonyl (C=O) groups excluding carboxylic acids is 1. The zero-order valence-corrected chi connectivity index (χ0v) is 17.4. The summed E-state index contributed by atoms with van der Waals surface area (Å²) in [5, 5.41) is 6.96. The number of methoxy groups -OCH3 is 1. The van der Waals surface area contributed by atoms with Crippen molar-refractivity contribution >= 4 is 40.2 Å². The third-order valence-corrected chi connectivity index (χ3v) is 5.43. The topological polar surface area (TPSA) is 108 Å². The van der Waals surface area contributed by atoms with Crippen LogP contribution in [0.2, 0.25) is 5.02 Å². The van der Waals surface area contributed by atoms with Gasteiger partial charge < -0.3 is 25.3 Å². The number of aromatic nitrogens is 4. The Kier molecular flexibility index (Phi) is 6.18. The fourth-order valence-electron chi connectivity index (χ4n) is 3.66. The predicted octanol–water partition coefficient (Wildman–Crippen LogP) is 2.60.